The van der Waals surface area contributed by atoms with Crippen molar-refractivity contribution in [2.75, 3.05) is 44.7 Å². The van der Waals surface area contributed by atoms with Crippen molar-refractivity contribution < 1.29 is 4.74 Å². The maximum Gasteiger partial charge on any atom is 0.0594 e. The SMILES string of the molecule is CCC(C)c1ccc(NCCN2CCOCC2)cc1. The molecule has 1 fully saturated rings. The van der Waals surface area contributed by atoms with E-state index in [9.17, 15) is 0 Å². The van der Waals surface area contributed by atoms with Crippen LogP contribution in [-0.4, -0.2) is 44.3 Å². The first-order chi connectivity index (χ1) is 9.29. The van der Waals surface area contributed by atoms with Gasteiger partial charge in [0.25, 0.3) is 0 Å². The fourth-order valence-corrected chi connectivity index (χ4v) is 2.35. The number of rotatable bonds is 6. The molecular weight excluding hydrogens is 236 g/mol. The molecule has 0 radical (unpaired) electrons. The normalized spacial score (nSPS) is 18.2. The van der Waals surface area contributed by atoms with Crippen LogP contribution in [-0.2, 0) is 4.74 Å². The molecule has 3 nitrogen and oxygen atoms in total. The molecule has 0 aliphatic carbocycles. The van der Waals surface area contributed by atoms with Gasteiger partial charge in [-0.1, -0.05) is 26.0 Å². The van der Waals surface area contributed by atoms with Gasteiger partial charge in [-0.3, -0.25) is 4.90 Å². The molecule has 0 aromatic heterocycles. The van der Waals surface area contributed by atoms with Gasteiger partial charge in [0.15, 0.2) is 0 Å². The van der Waals surface area contributed by atoms with Gasteiger partial charge >= 0.3 is 0 Å². The molecular formula is C16H26N2O. The number of hydrogen-bond donors (Lipinski definition) is 1. The Morgan fingerprint density at radius 2 is 1.89 bits per heavy atom. The minimum atomic E-state index is 0.655. The predicted molar refractivity (Wildman–Crippen MR) is 80.9 cm³/mol. The van der Waals surface area contributed by atoms with Crippen LogP contribution in [0.25, 0.3) is 0 Å². The predicted octanol–water partition coefficient (Wildman–Crippen LogP) is 2.94. The Hall–Kier alpha value is -1.06. The van der Waals surface area contributed by atoms with Gasteiger partial charge in [-0.15, -0.1) is 0 Å². The number of benzene rings is 1. The van der Waals surface area contributed by atoms with Crippen LogP contribution in [0.1, 0.15) is 31.7 Å². The Kier molecular flexibility index (Phi) is 5.67. The zero-order valence-electron chi connectivity index (χ0n) is 12.2. The smallest absolute Gasteiger partial charge is 0.0594 e. The number of morpholine rings is 1. The number of nitrogens with one attached hydrogen (secondary N) is 1. The highest BCUT2D eigenvalue weighted by molar-refractivity contribution is 5.45. The third-order valence-corrected chi connectivity index (χ3v) is 3.95. The van der Waals surface area contributed by atoms with Gasteiger partial charge in [0.2, 0.25) is 0 Å². The summed E-state index contributed by atoms with van der Waals surface area (Å²) >= 11 is 0. The molecule has 1 aromatic carbocycles. The zero-order chi connectivity index (χ0) is 13.5. The van der Waals surface area contributed by atoms with Crippen LogP contribution in [0.5, 0.6) is 0 Å². The van der Waals surface area contributed by atoms with Crippen molar-refractivity contribution in [3.05, 3.63) is 29.8 Å². The molecule has 1 aromatic rings. The summed E-state index contributed by atoms with van der Waals surface area (Å²) in [4.78, 5) is 2.45. The summed E-state index contributed by atoms with van der Waals surface area (Å²) in [5.41, 5.74) is 2.65. The molecule has 3 heteroatoms. The van der Waals surface area contributed by atoms with E-state index in [1.54, 1.807) is 0 Å². The molecule has 0 amide bonds. The first-order valence-electron chi connectivity index (χ1n) is 7.43. The van der Waals surface area contributed by atoms with Crippen LogP contribution in [0, 0.1) is 0 Å². The van der Waals surface area contributed by atoms with Crippen LogP contribution < -0.4 is 5.32 Å². The lowest BCUT2D eigenvalue weighted by molar-refractivity contribution is 0.0398. The fraction of sp³-hybridized carbons (Fsp3) is 0.625. The van der Waals surface area contributed by atoms with Crippen LogP contribution >= 0.6 is 0 Å². The second-order valence-corrected chi connectivity index (χ2v) is 5.31. The topological polar surface area (TPSA) is 24.5 Å². The van der Waals surface area contributed by atoms with Gasteiger partial charge in [0.05, 0.1) is 13.2 Å². The Morgan fingerprint density at radius 3 is 2.53 bits per heavy atom. The first kappa shape index (κ1) is 14.4. The lowest BCUT2D eigenvalue weighted by Gasteiger charge is -2.26. The van der Waals surface area contributed by atoms with E-state index in [0.717, 1.165) is 39.4 Å². The molecule has 106 valence electrons. The van der Waals surface area contributed by atoms with Crippen LogP contribution in [0.4, 0.5) is 5.69 Å². The molecule has 1 atom stereocenters. The standard InChI is InChI=1S/C16H26N2O/c1-3-14(2)15-4-6-16(7-5-15)17-8-9-18-10-12-19-13-11-18/h4-7,14,17H,3,8-13H2,1-2H3. The van der Waals surface area contributed by atoms with E-state index in [0.29, 0.717) is 5.92 Å². The van der Waals surface area contributed by atoms with Crippen LogP contribution in [0.15, 0.2) is 24.3 Å². The molecule has 0 bridgehead atoms. The number of hydrogen-bond acceptors (Lipinski definition) is 3. The van der Waals surface area contributed by atoms with E-state index in [2.05, 4.69) is 48.3 Å². The Labute approximate surface area is 116 Å². The number of ether oxygens (including phenoxy) is 1. The average molecular weight is 262 g/mol. The Bertz CT molecular complexity index is 358. The van der Waals surface area contributed by atoms with Gasteiger partial charge in [-0.2, -0.15) is 0 Å². The van der Waals surface area contributed by atoms with Gasteiger partial charge in [-0.05, 0) is 30.0 Å². The zero-order valence-corrected chi connectivity index (χ0v) is 12.2. The molecule has 1 aliphatic rings. The molecule has 19 heavy (non-hydrogen) atoms. The monoisotopic (exact) mass is 262 g/mol. The van der Waals surface area contributed by atoms with E-state index < -0.39 is 0 Å². The number of anilines is 1. The quantitative estimate of drug-likeness (QED) is 0.853. The van der Waals surface area contributed by atoms with Crippen molar-refractivity contribution in [2.45, 2.75) is 26.2 Å². The fourth-order valence-electron chi connectivity index (χ4n) is 2.35. The second-order valence-electron chi connectivity index (χ2n) is 5.31. The summed E-state index contributed by atoms with van der Waals surface area (Å²) in [5, 5.41) is 3.49. The van der Waals surface area contributed by atoms with E-state index >= 15 is 0 Å². The van der Waals surface area contributed by atoms with Crippen molar-refractivity contribution in [1.82, 2.24) is 4.90 Å². The van der Waals surface area contributed by atoms with Gasteiger partial charge in [0.1, 0.15) is 0 Å². The van der Waals surface area contributed by atoms with Crippen molar-refractivity contribution in [2.24, 2.45) is 0 Å². The molecule has 1 aliphatic heterocycles. The highest BCUT2D eigenvalue weighted by atomic mass is 16.5. The van der Waals surface area contributed by atoms with Crippen LogP contribution in [0.2, 0.25) is 0 Å². The van der Waals surface area contributed by atoms with E-state index in [4.69, 9.17) is 4.74 Å². The van der Waals surface area contributed by atoms with E-state index in [1.807, 2.05) is 0 Å². The van der Waals surface area contributed by atoms with Crippen molar-refractivity contribution in [1.29, 1.82) is 0 Å². The first-order valence-corrected chi connectivity index (χ1v) is 7.43. The third-order valence-electron chi connectivity index (χ3n) is 3.95. The van der Waals surface area contributed by atoms with E-state index in [-0.39, 0.29) is 0 Å². The van der Waals surface area contributed by atoms with Crippen molar-refractivity contribution >= 4 is 5.69 Å². The summed E-state index contributed by atoms with van der Waals surface area (Å²) in [6, 6.07) is 8.87. The molecule has 0 saturated carbocycles. The second kappa shape index (κ2) is 7.51. The van der Waals surface area contributed by atoms with E-state index in [1.165, 1.54) is 17.7 Å². The van der Waals surface area contributed by atoms with Crippen molar-refractivity contribution in [3.63, 3.8) is 0 Å². The lowest BCUT2D eigenvalue weighted by atomic mass is 9.99. The lowest BCUT2D eigenvalue weighted by Crippen LogP contribution is -2.38. The number of nitrogens with zero attached hydrogens (tertiary/aromatic N) is 1. The molecule has 1 N–H and O–H groups in total. The van der Waals surface area contributed by atoms with Gasteiger partial charge < -0.3 is 10.1 Å². The summed E-state index contributed by atoms with van der Waals surface area (Å²) in [7, 11) is 0. The third kappa shape index (κ3) is 4.51. The summed E-state index contributed by atoms with van der Waals surface area (Å²) < 4.78 is 5.35. The maximum atomic E-state index is 5.35. The maximum absolute atomic E-state index is 5.35. The molecule has 1 unspecified atom stereocenters. The van der Waals surface area contributed by atoms with Crippen molar-refractivity contribution in [3.8, 4) is 0 Å². The van der Waals surface area contributed by atoms with Gasteiger partial charge in [0, 0.05) is 31.9 Å². The summed E-state index contributed by atoms with van der Waals surface area (Å²) in [6.07, 6.45) is 1.20. The average Bonchev–Trinajstić information content (AvgIpc) is 2.48. The Morgan fingerprint density at radius 1 is 1.21 bits per heavy atom. The Balaban J connectivity index is 1.73. The molecule has 2 rings (SSSR count). The molecule has 0 spiro atoms. The minimum Gasteiger partial charge on any atom is -0.384 e. The largest absolute Gasteiger partial charge is 0.384 e. The molecule has 1 saturated heterocycles. The highest BCUT2D eigenvalue weighted by Crippen LogP contribution is 2.20. The molecule has 1 heterocycles. The minimum absolute atomic E-state index is 0.655. The highest BCUT2D eigenvalue weighted by Gasteiger charge is 2.09. The summed E-state index contributed by atoms with van der Waals surface area (Å²) in [5.74, 6) is 0.655. The van der Waals surface area contributed by atoms with Gasteiger partial charge in [-0.25, -0.2) is 0 Å². The summed E-state index contributed by atoms with van der Waals surface area (Å²) in [6.45, 7) is 10.5. The van der Waals surface area contributed by atoms with Crippen LogP contribution in [0.3, 0.4) is 0 Å².